The Labute approximate surface area is 114 Å². The summed E-state index contributed by atoms with van der Waals surface area (Å²) in [6.07, 6.45) is 0.670. The molecule has 0 aliphatic heterocycles. The fraction of sp³-hybridized carbons (Fsp3) is 0.154. The van der Waals surface area contributed by atoms with E-state index in [2.05, 4.69) is 4.74 Å². The van der Waals surface area contributed by atoms with Crippen LogP contribution in [0.3, 0.4) is 0 Å². The van der Waals surface area contributed by atoms with E-state index in [0.29, 0.717) is 6.08 Å². The molecule has 0 amide bonds. The first-order valence-electron chi connectivity index (χ1n) is 5.46. The topological polar surface area (TPSA) is 110 Å². The predicted molar refractivity (Wildman–Crippen MR) is 66.1 cm³/mol. The average Bonchev–Trinajstić information content (AvgIpc) is 2.35. The highest BCUT2D eigenvalue weighted by Crippen LogP contribution is 2.17. The Morgan fingerprint density at radius 3 is 2.60 bits per heavy atom. The lowest BCUT2D eigenvalue weighted by Crippen LogP contribution is -2.19. The SMILES string of the molecule is C/C(=C/C(=O)O)C(=O)OCC(=O)Oc1cccc(O)c1. The molecule has 0 heterocycles. The van der Waals surface area contributed by atoms with Gasteiger partial charge in [0.2, 0.25) is 0 Å². The van der Waals surface area contributed by atoms with Crippen molar-refractivity contribution in [1.29, 1.82) is 0 Å². The number of hydrogen-bond donors (Lipinski definition) is 2. The molecule has 1 aromatic rings. The van der Waals surface area contributed by atoms with Crippen molar-refractivity contribution in [2.24, 2.45) is 0 Å². The molecular formula is C13H12O7. The summed E-state index contributed by atoms with van der Waals surface area (Å²) in [5.74, 6) is -3.05. The Bertz CT molecular complexity index is 560. The van der Waals surface area contributed by atoms with E-state index in [1.54, 1.807) is 0 Å². The number of carboxylic acids is 1. The van der Waals surface area contributed by atoms with E-state index in [1.165, 1.54) is 31.2 Å². The van der Waals surface area contributed by atoms with Crippen molar-refractivity contribution < 1.29 is 34.1 Å². The minimum Gasteiger partial charge on any atom is -0.508 e. The van der Waals surface area contributed by atoms with Crippen molar-refractivity contribution >= 4 is 17.9 Å². The number of carbonyl (C=O) groups is 3. The van der Waals surface area contributed by atoms with Crippen LogP contribution in [-0.2, 0) is 19.1 Å². The van der Waals surface area contributed by atoms with Crippen LogP contribution in [0.15, 0.2) is 35.9 Å². The van der Waals surface area contributed by atoms with E-state index in [1.807, 2.05) is 0 Å². The Hall–Kier alpha value is -2.83. The molecule has 0 saturated heterocycles. The number of hydrogen-bond acceptors (Lipinski definition) is 6. The van der Waals surface area contributed by atoms with E-state index < -0.39 is 24.5 Å². The zero-order valence-electron chi connectivity index (χ0n) is 10.5. The van der Waals surface area contributed by atoms with Gasteiger partial charge in [-0.25, -0.2) is 14.4 Å². The van der Waals surface area contributed by atoms with Gasteiger partial charge in [0.15, 0.2) is 6.61 Å². The lowest BCUT2D eigenvalue weighted by Gasteiger charge is -2.06. The van der Waals surface area contributed by atoms with Crippen molar-refractivity contribution in [2.75, 3.05) is 6.61 Å². The minimum atomic E-state index is -1.29. The van der Waals surface area contributed by atoms with Crippen molar-refractivity contribution in [2.45, 2.75) is 6.92 Å². The largest absolute Gasteiger partial charge is 0.508 e. The number of carbonyl (C=O) groups excluding carboxylic acids is 2. The van der Waals surface area contributed by atoms with E-state index >= 15 is 0 Å². The average molecular weight is 280 g/mol. The van der Waals surface area contributed by atoms with Gasteiger partial charge in [-0.05, 0) is 19.1 Å². The second kappa shape index (κ2) is 6.93. The number of esters is 2. The smallest absolute Gasteiger partial charge is 0.349 e. The van der Waals surface area contributed by atoms with Gasteiger partial charge in [0.05, 0.1) is 0 Å². The van der Waals surface area contributed by atoms with Crippen LogP contribution >= 0.6 is 0 Å². The molecule has 0 aliphatic carbocycles. The zero-order chi connectivity index (χ0) is 15.1. The first-order valence-corrected chi connectivity index (χ1v) is 5.46. The summed E-state index contributed by atoms with van der Waals surface area (Å²) in [5, 5.41) is 17.6. The molecule has 0 unspecified atom stereocenters. The van der Waals surface area contributed by atoms with Crippen molar-refractivity contribution in [3.8, 4) is 11.5 Å². The number of carboxylic acid groups (broad SMARTS) is 1. The monoisotopic (exact) mass is 280 g/mol. The lowest BCUT2D eigenvalue weighted by atomic mass is 10.3. The maximum absolute atomic E-state index is 11.4. The summed E-state index contributed by atoms with van der Waals surface area (Å²) in [4.78, 5) is 33.0. The fourth-order valence-corrected chi connectivity index (χ4v) is 1.19. The molecule has 106 valence electrons. The standard InChI is InChI=1S/C13H12O7/c1-8(5-11(15)16)13(18)19-7-12(17)20-10-4-2-3-9(14)6-10/h2-6,14H,7H2,1H3,(H,15,16)/b8-5-. The quantitative estimate of drug-likeness (QED) is 0.467. The molecule has 0 spiro atoms. The Balaban J connectivity index is 2.48. The second-order valence-electron chi connectivity index (χ2n) is 3.71. The minimum absolute atomic E-state index is 0.0764. The summed E-state index contributed by atoms with van der Waals surface area (Å²) < 4.78 is 9.36. The Morgan fingerprint density at radius 1 is 1.30 bits per heavy atom. The molecule has 1 rings (SSSR count). The molecule has 0 atom stereocenters. The number of rotatable bonds is 5. The molecule has 20 heavy (non-hydrogen) atoms. The molecule has 2 N–H and O–H groups in total. The molecule has 0 bridgehead atoms. The van der Waals surface area contributed by atoms with Crippen LogP contribution in [0.2, 0.25) is 0 Å². The maximum atomic E-state index is 11.4. The highest BCUT2D eigenvalue weighted by Gasteiger charge is 2.12. The number of phenolic OH excluding ortho intramolecular Hbond substituents is 1. The molecular weight excluding hydrogens is 268 g/mol. The highest BCUT2D eigenvalue weighted by atomic mass is 16.6. The van der Waals surface area contributed by atoms with Crippen LogP contribution in [0.1, 0.15) is 6.92 Å². The van der Waals surface area contributed by atoms with Crippen molar-refractivity contribution in [3.63, 3.8) is 0 Å². The molecule has 7 heteroatoms. The van der Waals surface area contributed by atoms with E-state index in [9.17, 15) is 14.4 Å². The molecule has 0 saturated carbocycles. The van der Waals surface area contributed by atoms with Crippen molar-refractivity contribution in [3.05, 3.63) is 35.9 Å². The van der Waals surface area contributed by atoms with Crippen LogP contribution in [0, 0.1) is 0 Å². The molecule has 0 fully saturated rings. The third kappa shape index (κ3) is 5.21. The number of ether oxygens (including phenoxy) is 2. The Kier molecular flexibility index (Phi) is 5.28. The third-order valence-electron chi connectivity index (χ3n) is 2.03. The third-order valence-corrected chi connectivity index (χ3v) is 2.03. The number of aromatic hydroxyl groups is 1. The van der Waals surface area contributed by atoms with Crippen LogP contribution in [0.5, 0.6) is 11.5 Å². The first kappa shape index (κ1) is 15.2. The normalized spacial score (nSPS) is 10.8. The lowest BCUT2D eigenvalue weighted by molar-refractivity contribution is -0.150. The van der Waals surface area contributed by atoms with E-state index in [4.69, 9.17) is 14.9 Å². The van der Waals surface area contributed by atoms with Gasteiger partial charge >= 0.3 is 17.9 Å². The summed E-state index contributed by atoms with van der Waals surface area (Å²) in [6.45, 7) is 0.580. The van der Waals surface area contributed by atoms with Gasteiger partial charge in [0, 0.05) is 17.7 Å². The molecule has 0 aliphatic rings. The zero-order valence-corrected chi connectivity index (χ0v) is 10.5. The molecule has 0 radical (unpaired) electrons. The second-order valence-corrected chi connectivity index (χ2v) is 3.71. The summed E-state index contributed by atoms with van der Waals surface area (Å²) in [5.41, 5.74) is -0.150. The summed E-state index contributed by atoms with van der Waals surface area (Å²) in [6, 6.07) is 5.53. The predicted octanol–water partition coefficient (Wildman–Crippen LogP) is 0.872. The van der Waals surface area contributed by atoms with Gasteiger partial charge in [0.1, 0.15) is 11.5 Å². The van der Waals surface area contributed by atoms with Crippen LogP contribution in [-0.4, -0.2) is 34.7 Å². The van der Waals surface area contributed by atoms with Gasteiger partial charge in [0.25, 0.3) is 0 Å². The van der Waals surface area contributed by atoms with Gasteiger partial charge in [-0.15, -0.1) is 0 Å². The van der Waals surface area contributed by atoms with Gasteiger partial charge in [-0.1, -0.05) is 6.07 Å². The van der Waals surface area contributed by atoms with Crippen LogP contribution in [0.4, 0.5) is 0 Å². The van der Waals surface area contributed by atoms with E-state index in [0.717, 1.165) is 0 Å². The van der Waals surface area contributed by atoms with Gasteiger partial charge in [-0.2, -0.15) is 0 Å². The van der Waals surface area contributed by atoms with Crippen LogP contribution < -0.4 is 4.74 Å². The van der Waals surface area contributed by atoms with Gasteiger partial charge in [-0.3, -0.25) is 0 Å². The van der Waals surface area contributed by atoms with E-state index in [-0.39, 0.29) is 17.1 Å². The maximum Gasteiger partial charge on any atom is 0.349 e. The summed E-state index contributed by atoms with van der Waals surface area (Å²) >= 11 is 0. The van der Waals surface area contributed by atoms with Crippen LogP contribution in [0.25, 0.3) is 0 Å². The van der Waals surface area contributed by atoms with Gasteiger partial charge < -0.3 is 19.7 Å². The fourth-order valence-electron chi connectivity index (χ4n) is 1.19. The first-order chi connectivity index (χ1) is 9.38. The molecule has 1 aromatic carbocycles. The Morgan fingerprint density at radius 2 is 2.00 bits per heavy atom. The highest BCUT2D eigenvalue weighted by molar-refractivity contribution is 5.95. The molecule has 0 aromatic heterocycles. The number of aliphatic carboxylic acids is 1. The van der Waals surface area contributed by atoms with Crippen molar-refractivity contribution in [1.82, 2.24) is 0 Å². The molecule has 7 nitrogen and oxygen atoms in total. The summed E-state index contributed by atoms with van der Waals surface area (Å²) in [7, 11) is 0. The number of phenols is 1. The number of benzene rings is 1.